The molecule has 0 amide bonds. The first-order valence-electron chi connectivity index (χ1n) is 9.33. The Morgan fingerprint density at radius 2 is 1.89 bits per heavy atom. The molecule has 1 heterocycles. The highest BCUT2D eigenvalue weighted by Gasteiger charge is 2.36. The SMILES string of the molecule is CCCOc1cccc(N(CC)c2ncc(C(F)(F)F)c(OCC(C)C)n2)c1. The fourth-order valence-corrected chi connectivity index (χ4v) is 2.44. The van der Waals surface area contributed by atoms with E-state index in [9.17, 15) is 13.2 Å². The van der Waals surface area contributed by atoms with Crippen molar-refractivity contribution in [1.82, 2.24) is 9.97 Å². The fraction of sp³-hybridized carbons (Fsp3) is 0.500. The van der Waals surface area contributed by atoms with Crippen LogP contribution in [0.1, 0.15) is 39.7 Å². The predicted molar refractivity (Wildman–Crippen MR) is 102 cm³/mol. The van der Waals surface area contributed by atoms with Gasteiger partial charge in [0.15, 0.2) is 0 Å². The molecule has 154 valence electrons. The van der Waals surface area contributed by atoms with E-state index in [1.54, 1.807) is 4.90 Å². The highest BCUT2D eigenvalue weighted by Crippen LogP contribution is 2.36. The monoisotopic (exact) mass is 397 g/mol. The smallest absolute Gasteiger partial charge is 0.423 e. The van der Waals surface area contributed by atoms with Gasteiger partial charge in [-0.2, -0.15) is 18.2 Å². The van der Waals surface area contributed by atoms with Gasteiger partial charge in [0.05, 0.1) is 13.2 Å². The summed E-state index contributed by atoms with van der Waals surface area (Å²) in [4.78, 5) is 9.74. The number of aromatic nitrogens is 2. The molecule has 0 aliphatic rings. The number of halogens is 3. The van der Waals surface area contributed by atoms with Crippen molar-refractivity contribution < 1.29 is 22.6 Å². The molecule has 28 heavy (non-hydrogen) atoms. The number of benzene rings is 1. The highest BCUT2D eigenvalue weighted by atomic mass is 19.4. The maximum atomic E-state index is 13.3. The lowest BCUT2D eigenvalue weighted by Crippen LogP contribution is -2.21. The van der Waals surface area contributed by atoms with Gasteiger partial charge in [0.1, 0.15) is 11.3 Å². The largest absolute Gasteiger partial charge is 0.494 e. The van der Waals surface area contributed by atoms with Crippen molar-refractivity contribution >= 4 is 11.6 Å². The minimum Gasteiger partial charge on any atom is -0.494 e. The van der Waals surface area contributed by atoms with Crippen LogP contribution in [0.3, 0.4) is 0 Å². The van der Waals surface area contributed by atoms with Gasteiger partial charge in [-0.1, -0.05) is 26.8 Å². The zero-order chi connectivity index (χ0) is 20.7. The number of rotatable bonds is 9. The minimum absolute atomic E-state index is 0.0640. The zero-order valence-corrected chi connectivity index (χ0v) is 16.6. The fourth-order valence-electron chi connectivity index (χ4n) is 2.44. The van der Waals surface area contributed by atoms with E-state index in [0.29, 0.717) is 18.9 Å². The zero-order valence-electron chi connectivity index (χ0n) is 16.6. The first kappa shape index (κ1) is 21.8. The van der Waals surface area contributed by atoms with E-state index in [1.165, 1.54) is 0 Å². The first-order valence-corrected chi connectivity index (χ1v) is 9.33. The lowest BCUT2D eigenvalue weighted by atomic mass is 10.2. The molecule has 2 rings (SSSR count). The van der Waals surface area contributed by atoms with E-state index in [0.717, 1.165) is 18.3 Å². The minimum atomic E-state index is -4.59. The summed E-state index contributed by atoms with van der Waals surface area (Å²) in [6.45, 7) is 8.77. The molecule has 0 fully saturated rings. The van der Waals surface area contributed by atoms with E-state index < -0.39 is 17.6 Å². The van der Waals surface area contributed by atoms with Crippen LogP contribution >= 0.6 is 0 Å². The molecular weight excluding hydrogens is 371 g/mol. The standard InChI is InChI=1S/C20H26F3N3O2/c1-5-10-27-16-9-7-8-15(11-16)26(6-2)19-24-12-17(20(21,22)23)18(25-19)28-13-14(3)4/h7-9,11-12,14H,5-6,10,13H2,1-4H3. The normalized spacial score (nSPS) is 11.6. The van der Waals surface area contributed by atoms with Crippen LogP contribution in [0.2, 0.25) is 0 Å². The van der Waals surface area contributed by atoms with E-state index in [4.69, 9.17) is 9.47 Å². The Kier molecular flexibility index (Phi) is 7.48. The van der Waals surface area contributed by atoms with E-state index >= 15 is 0 Å². The van der Waals surface area contributed by atoms with Crippen LogP contribution in [0.25, 0.3) is 0 Å². The number of hydrogen-bond donors (Lipinski definition) is 0. The first-order chi connectivity index (χ1) is 13.3. The van der Waals surface area contributed by atoms with Crippen molar-refractivity contribution in [2.75, 3.05) is 24.7 Å². The van der Waals surface area contributed by atoms with Crippen molar-refractivity contribution in [3.63, 3.8) is 0 Å². The summed E-state index contributed by atoms with van der Waals surface area (Å²) in [5, 5.41) is 0. The molecule has 0 bridgehead atoms. The Hall–Kier alpha value is -2.51. The third-order valence-electron chi connectivity index (χ3n) is 3.76. The summed E-state index contributed by atoms with van der Waals surface area (Å²) in [7, 11) is 0. The summed E-state index contributed by atoms with van der Waals surface area (Å²) < 4.78 is 50.9. The second kappa shape index (κ2) is 9.61. The van der Waals surface area contributed by atoms with Crippen molar-refractivity contribution in [1.29, 1.82) is 0 Å². The molecule has 1 aromatic carbocycles. The molecule has 0 radical (unpaired) electrons. The quantitative estimate of drug-likeness (QED) is 0.561. The second-order valence-corrected chi connectivity index (χ2v) is 6.68. The van der Waals surface area contributed by atoms with Crippen LogP contribution in [0, 0.1) is 5.92 Å². The van der Waals surface area contributed by atoms with Crippen LogP contribution in [-0.4, -0.2) is 29.7 Å². The maximum absolute atomic E-state index is 13.3. The van der Waals surface area contributed by atoms with Crippen LogP contribution in [0.5, 0.6) is 11.6 Å². The Morgan fingerprint density at radius 3 is 2.50 bits per heavy atom. The third kappa shape index (κ3) is 5.74. The summed E-state index contributed by atoms with van der Waals surface area (Å²) in [5.41, 5.74) is -0.251. The summed E-state index contributed by atoms with van der Waals surface area (Å²) in [6, 6.07) is 7.30. The summed E-state index contributed by atoms with van der Waals surface area (Å²) in [6.07, 6.45) is -2.94. The van der Waals surface area contributed by atoms with E-state index in [-0.39, 0.29) is 18.5 Å². The van der Waals surface area contributed by atoms with Crippen molar-refractivity contribution in [3.8, 4) is 11.6 Å². The van der Waals surface area contributed by atoms with Gasteiger partial charge < -0.3 is 14.4 Å². The molecule has 0 saturated carbocycles. The third-order valence-corrected chi connectivity index (χ3v) is 3.76. The molecule has 8 heteroatoms. The van der Waals surface area contributed by atoms with Gasteiger partial charge in [-0.25, -0.2) is 4.98 Å². The van der Waals surface area contributed by atoms with E-state index in [2.05, 4.69) is 9.97 Å². The van der Waals surface area contributed by atoms with Crippen molar-refractivity contribution in [2.45, 2.75) is 40.3 Å². The summed E-state index contributed by atoms with van der Waals surface area (Å²) in [5.74, 6) is 0.431. The van der Waals surface area contributed by atoms with Gasteiger partial charge in [-0.15, -0.1) is 0 Å². The maximum Gasteiger partial charge on any atom is 0.423 e. The van der Waals surface area contributed by atoms with Crippen LogP contribution in [-0.2, 0) is 6.18 Å². The van der Waals surface area contributed by atoms with E-state index in [1.807, 2.05) is 52.0 Å². The molecule has 0 aliphatic carbocycles. The van der Waals surface area contributed by atoms with Crippen LogP contribution in [0.4, 0.5) is 24.8 Å². The average Bonchev–Trinajstić information content (AvgIpc) is 2.65. The number of anilines is 2. The van der Waals surface area contributed by atoms with Gasteiger partial charge >= 0.3 is 6.18 Å². The number of nitrogens with zero attached hydrogens (tertiary/aromatic N) is 3. The molecule has 1 aromatic heterocycles. The van der Waals surface area contributed by atoms with Crippen molar-refractivity contribution in [2.24, 2.45) is 5.92 Å². The molecule has 0 unspecified atom stereocenters. The predicted octanol–water partition coefficient (Wildman–Crippen LogP) is 5.48. The summed E-state index contributed by atoms with van der Waals surface area (Å²) >= 11 is 0. The van der Waals surface area contributed by atoms with Gasteiger partial charge in [-0.05, 0) is 31.4 Å². The Morgan fingerprint density at radius 1 is 1.14 bits per heavy atom. The second-order valence-electron chi connectivity index (χ2n) is 6.68. The molecular formula is C20H26F3N3O2. The molecule has 0 aliphatic heterocycles. The van der Waals surface area contributed by atoms with Gasteiger partial charge in [0, 0.05) is 24.5 Å². The Labute approximate surface area is 163 Å². The lowest BCUT2D eigenvalue weighted by Gasteiger charge is -2.23. The van der Waals surface area contributed by atoms with Gasteiger partial charge in [-0.3, -0.25) is 0 Å². The molecule has 0 atom stereocenters. The van der Waals surface area contributed by atoms with Crippen molar-refractivity contribution in [3.05, 3.63) is 36.0 Å². The molecule has 2 aromatic rings. The lowest BCUT2D eigenvalue weighted by molar-refractivity contribution is -0.139. The van der Waals surface area contributed by atoms with Gasteiger partial charge in [0.25, 0.3) is 0 Å². The van der Waals surface area contributed by atoms with Crippen LogP contribution in [0.15, 0.2) is 30.5 Å². The molecule has 0 saturated heterocycles. The highest BCUT2D eigenvalue weighted by molar-refractivity contribution is 5.59. The Bertz CT molecular complexity index is 767. The molecule has 0 spiro atoms. The number of ether oxygens (including phenoxy) is 2. The molecule has 0 N–H and O–H groups in total. The Balaban J connectivity index is 2.39. The number of hydrogen-bond acceptors (Lipinski definition) is 5. The number of alkyl halides is 3. The molecule has 5 nitrogen and oxygen atoms in total. The average molecular weight is 397 g/mol. The van der Waals surface area contributed by atoms with Crippen LogP contribution < -0.4 is 14.4 Å². The topological polar surface area (TPSA) is 47.5 Å². The van der Waals surface area contributed by atoms with Gasteiger partial charge in [0.2, 0.25) is 11.8 Å².